The normalized spacial score (nSPS) is 21.2. The Morgan fingerprint density at radius 3 is 2.90 bits per heavy atom. The van der Waals surface area contributed by atoms with Gasteiger partial charge in [0.1, 0.15) is 6.61 Å². The first kappa shape index (κ1) is 14.8. The summed E-state index contributed by atoms with van der Waals surface area (Å²) in [5.41, 5.74) is 0.776. The maximum Gasteiger partial charge on any atom is 0.407 e. The average Bonchev–Trinajstić information content (AvgIpc) is 2.43. The van der Waals surface area contributed by atoms with E-state index in [0.29, 0.717) is 6.54 Å². The number of morpholine rings is 1. The standard InChI is InChI=1S/C15H22N2O3/c1-15(2)11-16-8-13(20-15)9-17-14(18)19-10-12-6-4-3-5-7-12/h3-7,13,16H,8-11H2,1-2H3,(H,17,18)/t13-/m0/s1. The van der Waals surface area contributed by atoms with Crippen LogP contribution >= 0.6 is 0 Å². The summed E-state index contributed by atoms with van der Waals surface area (Å²) >= 11 is 0. The molecule has 110 valence electrons. The zero-order valence-electron chi connectivity index (χ0n) is 12.0. The van der Waals surface area contributed by atoms with Gasteiger partial charge in [-0.3, -0.25) is 0 Å². The molecule has 5 heteroatoms. The van der Waals surface area contributed by atoms with Crippen LogP contribution in [0, 0.1) is 0 Å². The van der Waals surface area contributed by atoms with Gasteiger partial charge in [0.05, 0.1) is 11.7 Å². The van der Waals surface area contributed by atoms with E-state index in [9.17, 15) is 4.79 Å². The van der Waals surface area contributed by atoms with E-state index in [2.05, 4.69) is 10.6 Å². The third-order valence-corrected chi connectivity index (χ3v) is 3.10. The van der Waals surface area contributed by atoms with Crippen LogP contribution in [0.4, 0.5) is 4.79 Å². The van der Waals surface area contributed by atoms with Gasteiger partial charge in [-0.05, 0) is 19.4 Å². The molecule has 1 atom stereocenters. The first-order valence-electron chi connectivity index (χ1n) is 6.88. The number of hydrogen-bond donors (Lipinski definition) is 2. The minimum atomic E-state index is -0.416. The van der Waals surface area contributed by atoms with Gasteiger partial charge in [-0.25, -0.2) is 4.79 Å². The molecule has 1 fully saturated rings. The van der Waals surface area contributed by atoms with Gasteiger partial charge < -0.3 is 20.1 Å². The van der Waals surface area contributed by atoms with Crippen molar-refractivity contribution in [3.63, 3.8) is 0 Å². The highest BCUT2D eigenvalue weighted by molar-refractivity contribution is 5.67. The lowest BCUT2D eigenvalue weighted by atomic mass is 10.1. The van der Waals surface area contributed by atoms with Crippen LogP contribution < -0.4 is 10.6 Å². The van der Waals surface area contributed by atoms with Crippen LogP contribution in [0.15, 0.2) is 30.3 Å². The van der Waals surface area contributed by atoms with Crippen LogP contribution in [0.1, 0.15) is 19.4 Å². The zero-order valence-corrected chi connectivity index (χ0v) is 12.0. The number of amides is 1. The number of carbonyl (C=O) groups is 1. The largest absolute Gasteiger partial charge is 0.445 e. The predicted molar refractivity (Wildman–Crippen MR) is 76.5 cm³/mol. The topological polar surface area (TPSA) is 59.6 Å². The summed E-state index contributed by atoms with van der Waals surface area (Å²) in [5, 5.41) is 6.02. The van der Waals surface area contributed by atoms with Gasteiger partial charge in [-0.2, -0.15) is 0 Å². The summed E-state index contributed by atoms with van der Waals surface area (Å²) in [7, 11) is 0. The molecule has 0 saturated carbocycles. The third-order valence-electron chi connectivity index (χ3n) is 3.10. The lowest BCUT2D eigenvalue weighted by Gasteiger charge is -2.36. The van der Waals surface area contributed by atoms with E-state index in [1.807, 2.05) is 44.2 Å². The number of ether oxygens (including phenoxy) is 2. The van der Waals surface area contributed by atoms with Crippen molar-refractivity contribution in [1.82, 2.24) is 10.6 Å². The molecule has 1 heterocycles. The molecular weight excluding hydrogens is 256 g/mol. The molecule has 0 unspecified atom stereocenters. The fourth-order valence-corrected chi connectivity index (χ4v) is 2.15. The number of hydrogen-bond acceptors (Lipinski definition) is 4. The monoisotopic (exact) mass is 278 g/mol. The highest BCUT2D eigenvalue weighted by Crippen LogP contribution is 2.14. The van der Waals surface area contributed by atoms with Gasteiger partial charge in [0.15, 0.2) is 0 Å². The molecule has 20 heavy (non-hydrogen) atoms. The predicted octanol–water partition coefficient (Wildman–Crippen LogP) is 1.68. The van der Waals surface area contributed by atoms with Gasteiger partial charge >= 0.3 is 6.09 Å². The number of rotatable bonds is 4. The summed E-state index contributed by atoms with van der Waals surface area (Å²) in [6.45, 7) is 6.34. The van der Waals surface area contributed by atoms with Crippen LogP contribution in [0.5, 0.6) is 0 Å². The highest BCUT2D eigenvalue weighted by atomic mass is 16.5. The smallest absolute Gasteiger partial charge is 0.407 e. The first-order valence-corrected chi connectivity index (χ1v) is 6.88. The summed E-state index contributed by atoms with van der Waals surface area (Å²) in [6.07, 6.45) is -0.441. The molecule has 5 nitrogen and oxygen atoms in total. The number of benzene rings is 1. The molecule has 1 aliphatic rings. The molecule has 1 amide bonds. The molecule has 0 aromatic heterocycles. The minimum Gasteiger partial charge on any atom is -0.445 e. The van der Waals surface area contributed by atoms with Crippen molar-refractivity contribution in [2.75, 3.05) is 19.6 Å². The van der Waals surface area contributed by atoms with Crippen LogP contribution in [0.25, 0.3) is 0 Å². The maximum absolute atomic E-state index is 11.6. The van der Waals surface area contributed by atoms with Crippen LogP contribution in [0.2, 0.25) is 0 Å². The molecule has 1 aromatic rings. The van der Waals surface area contributed by atoms with E-state index in [4.69, 9.17) is 9.47 Å². The Kier molecular flexibility index (Phi) is 4.98. The molecule has 2 rings (SSSR count). The maximum atomic E-state index is 11.6. The quantitative estimate of drug-likeness (QED) is 0.880. The second kappa shape index (κ2) is 6.72. The average molecular weight is 278 g/mol. The van der Waals surface area contributed by atoms with Crippen molar-refractivity contribution in [1.29, 1.82) is 0 Å². The fourth-order valence-electron chi connectivity index (χ4n) is 2.15. The Morgan fingerprint density at radius 2 is 2.20 bits per heavy atom. The van der Waals surface area contributed by atoms with E-state index < -0.39 is 6.09 Å². The number of nitrogens with one attached hydrogen (secondary N) is 2. The van der Waals surface area contributed by atoms with Crippen molar-refractivity contribution < 1.29 is 14.3 Å². The SMILES string of the molecule is CC1(C)CNC[C@@H](CNC(=O)OCc2ccccc2)O1. The number of alkyl carbamates (subject to hydrolysis) is 1. The Hall–Kier alpha value is -1.59. The van der Waals surface area contributed by atoms with Crippen LogP contribution in [-0.2, 0) is 16.1 Å². The Balaban J connectivity index is 1.67. The lowest BCUT2D eigenvalue weighted by Crippen LogP contribution is -2.53. The Labute approximate surface area is 119 Å². The van der Waals surface area contributed by atoms with E-state index in [1.165, 1.54) is 0 Å². The molecule has 1 saturated heterocycles. The van der Waals surface area contributed by atoms with E-state index in [-0.39, 0.29) is 18.3 Å². The first-order chi connectivity index (χ1) is 9.55. The van der Waals surface area contributed by atoms with Crippen molar-refractivity contribution in [2.24, 2.45) is 0 Å². The Morgan fingerprint density at radius 1 is 1.45 bits per heavy atom. The molecule has 1 aliphatic heterocycles. The fraction of sp³-hybridized carbons (Fsp3) is 0.533. The van der Waals surface area contributed by atoms with Crippen LogP contribution in [0.3, 0.4) is 0 Å². The molecule has 0 spiro atoms. The van der Waals surface area contributed by atoms with Gasteiger partial charge in [0.2, 0.25) is 0 Å². The second-order valence-electron chi connectivity index (χ2n) is 5.57. The van der Waals surface area contributed by atoms with Gasteiger partial charge in [0, 0.05) is 19.6 Å². The summed E-state index contributed by atoms with van der Waals surface area (Å²) < 4.78 is 11.0. The second-order valence-corrected chi connectivity index (χ2v) is 5.57. The Bertz CT molecular complexity index is 434. The van der Waals surface area contributed by atoms with E-state index >= 15 is 0 Å². The van der Waals surface area contributed by atoms with Crippen molar-refractivity contribution >= 4 is 6.09 Å². The molecule has 1 aromatic carbocycles. The summed E-state index contributed by atoms with van der Waals surface area (Å²) in [4.78, 5) is 11.6. The highest BCUT2D eigenvalue weighted by Gasteiger charge is 2.28. The minimum absolute atomic E-state index is 0.0250. The molecule has 0 aliphatic carbocycles. The van der Waals surface area contributed by atoms with Crippen molar-refractivity contribution in [3.8, 4) is 0 Å². The van der Waals surface area contributed by atoms with E-state index in [1.54, 1.807) is 0 Å². The van der Waals surface area contributed by atoms with Crippen molar-refractivity contribution in [2.45, 2.75) is 32.2 Å². The third kappa shape index (κ3) is 4.83. The van der Waals surface area contributed by atoms with Gasteiger partial charge in [0.25, 0.3) is 0 Å². The number of carbonyl (C=O) groups excluding carboxylic acids is 1. The van der Waals surface area contributed by atoms with E-state index in [0.717, 1.165) is 18.7 Å². The summed E-state index contributed by atoms with van der Waals surface area (Å²) in [5.74, 6) is 0. The summed E-state index contributed by atoms with van der Waals surface area (Å²) in [6, 6.07) is 9.60. The van der Waals surface area contributed by atoms with Gasteiger partial charge in [-0.1, -0.05) is 30.3 Å². The molecular formula is C15H22N2O3. The van der Waals surface area contributed by atoms with Gasteiger partial charge in [-0.15, -0.1) is 0 Å². The molecule has 2 N–H and O–H groups in total. The van der Waals surface area contributed by atoms with Crippen LogP contribution in [-0.4, -0.2) is 37.4 Å². The van der Waals surface area contributed by atoms with Crippen molar-refractivity contribution in [3.05, 3.63) is 35.9 Å². The lowest BCUT2D eigenvalue weighted by molar-refractivity contribution is -0.0915. The molecule has 0 bridgehead atoms. The molecule has 0 radical (unpaired) electrons. The zero-order chi connectivity index (χ0) is 14.4.